The van der Waals surface area contributed by atoms with E-state index in [9.17, 15) is 20.4 Å². The summed E-state index contributed by atoms with van der Waals surface area (Å²) in [6, 6.07) is 0.246. The largest absolute Gasteiger partial charge is 0.395 e. The molecule has 0 saturated carbocycles. The molecule has 380 valence electrons. The van der Waals surface area contributed by atoms with Crippen LogP contribution in [0.1, 0.15) is 189 Å². The first-order chi connectivity index (χ1) is 29.6. The van der Waals surface area contributed by atoms with Crippen LogP contribution in [0.15, 0.2) is 0 Å². The molecule has 3 fully saturated rings. The van der Waals surface area contributed by atoms with Crippen LogP contribution in [0.2, 0.25) is 0 Å². The Labute approximate surface area is 395 Å². The Balaban J connectivity index is 0.000000738. The SMILES string of the molecule is CCCCN(c1nc(NCCO)nc(N(CCCC)C2CC(C)(C)N(OCC(C)(C)O)C(C)(C)C2)n1)C1CC(C)(C)N(OCC(C)(C)O)C(C)(C)C1.CON1C(C)(C)CC(O)CC1(C)C. The highest BCUT2D eigenvalue weighted by Gasteiger charge is 2.51. The molecule has 5 N–H and O–H groups in total. The van der Waals surface area contributed by atoms with Gasteiger partial charge in [0.05, 0.1) is 44.2 Å². The fourth-order valence-corrected chi connectivity index (χ4v) is 11.1. The fraction of sp³-hybridized carbons (Fsp3) is 0.939. The summed E-state index contributed by atoms with van der Waals surface area (Å²) in [6.45, 7) is 39.9. The molecular formula is C49H97N9O7. The highest BCUT2D eigenvalue weighted by atomic mass is 16.7. The summed E-state index contributed by atoms with van der Waals surface area (Å²) in [5, 5.41) is 49.9. The van der Waals surface area contributed by atoms with E-state index in [4.69, 9.17) is 29.5 Å². The van der Waals surface area contributed by atoms with Crippen molar-refractivity contribution in [1.29, 1.82) is 0 Å². The van der Waals surface area contributed by atoms with Crippen molar-refractivity contribution in [3.8, 4) is 0 Å². The van der Waals surface area contributed by atoms with E-state index >= 15 is 0 Å². The lowest BCUT2D eigenvalue weighted by Gasteiger charge is -2.56. The summed E-state index contributed by atoms with van der Waals surface area (Å²) in [5.74, 6) is 1.76. The quantitative estimate of drug-likeness (QED) is 0.0869. The third-order valence-electron chi connectivity index (χ3n) is 12.9. The molecule has 0 unspecified atom stereocenters. The average Bonchev–Trinajstić information content (AvgIpc) is 3.10. The molecule has 0 spiro atoms. The van der Waals surface area contributed by atoms with E-state index in [0.717, 1.165) is 77.3 Å². The summed E-state index contributed by atoms with van der Waals surface area (Å²) in [5.41, 5.74) is -3.38. The van der Waals surface area contributed by atoms with Crippen molar-refractivity contribution < 1.29 is 34.9 Å². The minimum atomic E-state index is -0.941. The Kier molecular flexibility index (Phi) is 19.6. The van der Waals surface area contributed by atoms with E-state index in [1.165, 1.54) is 0 Å². The van der Waals surface area contributed by atoms with Crippen LogP contribution in [0.3, 0.4) is 0 Å². The molecule has 1 aromatic heterocycles. The smallest absolute Gasteiger partial charge is 0.232 e. The first-order valence-electron chi connectivity index (χ1n) is 24.6. The lowest BCUT2D eigenvalue weighted by Crippen LogP contribution is -2.65. The molecule has 0 bridgehead atoms. The summed E-state index contributed by atoms with van der Waals surface area (Å²) in [7, 11) is 1.70. The van der Waals surface area contributed by atoms with E-state index in [2.05, 4.69) is 122 Å². The maximum atomic E-state index is 10.5. The van der Waals surface area contributed by atoms with Gasteiger partial charge in [0.25, 0.3) is 0 Å². The van der Waals surface area contributed by atoms with Crippen molar-refractivity contribution >= 4 is 17.8 Å². The number of nitrogens with one attached hydrogen (secondary N) is 1. The first kappa shape index (κ1) is 57.3. The number of aliphatic hydroxyl groups excluding tert-OH is 2. The molecule has 1 aromatic rings. The summed E-state index contributed by atoms with van der Waals surface area (Å²) in [6.07, 6.45) is 8.63. The van der Waals surface area contributed by atoms with E-state index < -0.39 is 11.2 Å². The van der Waals surface area contributed by atoms with Gasteiger partial charge in [-0.1, -0.05) is 26.7 Å². The van der Waals surface area contributed by atoms with Crippen LogP contribution in [0.25, 0.3) is 0 Å². The second-order valence-electron chi connectivity index (χ2n) is 24.3. The van der Waals surface area contributed by atoms with Crippen molar-refractivity contribution in [3.05, 3.63) is 0 Å². The van der Waals surface area contributed by atoms with Crippen molar-refractivity contribution in [2.75, 3.05) is 61.7 Å². The molecule has 3 saturated heterocycles. The predicted molar refractivity (Wildman–Crippen MR) is 263 cm³/mol. The third-order valence-corrected chi connectivity index (χ3v) is 12.9. The number of rotatable bonds is 20. The predicted octanol–water partition coefficient (Wildman–Crippen LogP) is 7.50. The van der Waals surface area contributed by atoms with E-state index in [1.54, 1.807) is 34.8 Å². The van der Waals surface area contributed by atoms with Gasteiger partial charge in [0, 0.05) is 65.0 Å². The molecule has 3 aliphatic heterocycles. The Morgan fingerprint density at radius 3 is 1.23 bits per heavy atom. The normalized spacial score (nSPS) is 22.9. The molecule has 0 aromatic carbocycles. The number of aromatic nitrogens is 3. The van der Waals surface area contributed by atoms with Gasteiger partial charge in [0.2, 0.25) is 17.8 Å². The minimum absolute atomic E-state index is 0.0353. The molecule has 0 aliphatic carbocycles. The monoisotopic (exact) mass is 924 g/mol. The number of anilines is 3. The first-order valence-corrected chi connectivity index (χ1v) is 24.6. The lowest BCUT2D eigenvalue weighted by atomic mass is 9.78. The van der Waals surface area contributed by atoms with Crippen molar-refractivity contribution in [2.45, 2.75) is 251 Å². The molecular weight excluding hydrogens is 827 g/mol. The van der Waals surface area contributed by atoms with Crippen LogP contribution in [0, 0.1) is 0 Å². The van der Waals surface area contributed by atoms with E-state index in [0.29, 0.717) is 24.4 Å². The third kappa shape index (κ3) is 16.0. The van der Waals surface area contributed by atoms with Gasteiger partial charge in [0.1, 0.15) is 0 Å². The minimum Gasteiger partial charge on any atom is -0.395 e. The van der Waals surface area contributed by atoms with Gasteiger partial charge in [0.15, 0.2) is 0 Å². The summed E-state index contributed by atoms with van der Waals surface area (Å²) in [4.78, 5) is 38.2. The van der Waals surface area contributed by atoms with Gasteiger partial charge in [-0.15, -0.1) is 0 Å². The summed E-state index contributed by atoms with van der Waals surface area (Å²) < 4.78 is 0. The van der Waals surface area contributed by atoms with Gasteiger partial charge in [-0.2, -0.15) is 30.1 Å². The number of piperidine rings is 3. The fourth-order valence-electron chi connectivity index (χ4n) is 11.1. The van der Waals surface area contributed by atoms with Gasteiger partial charge in [-0.3, -0.25) is 9.68 Å². The standard InChI is InChI=1S/C39H76N8O5.C10H21NO2/c1-15-17-20-44(29-23-34(3,4)46(35(5,6)24-29)51-27-38(11,12)49)32-41-31(40-19-22-48)42-33(43-32)45(21-18-16-2)30-25-36(7,8)47(37(9,10)26-30)52-28-39(13,14)50;1-9(2)6-8(12)7-10(3,4)11(9)13-5/h29-30,48-50H,15-28H2,1-14H3,(H,40,41,42,43);8,12H,6-7H2,1-5H3. The number of hydrogen-bond acceptors (Lipinski definition) is 16. The second kappa shape index (κ2) is 22.2. The Morgan fingerprint density at radius 1 is 0.600 bits per heavy atom. The molecule has 65 heavy (non-hydrogen) atoms. The molecule has 3 aliphatic rings. The van der Waals surface area contributed by atoms with Crippen molar-refractivity contribution in [2.24, 2.45) is 0 Å². The zero-order valence-electron chi connectivity index (χ0n) is 44.6. The van der Waals surface area contributed by atoms with Crippen LogP contribution < -0.4 is 15.1 Å². The molecule has 4 heterocycles. The van der Waals surface area contributed by atoms with Gasteiger partial charge >= 0.3 is 0 Å². The molecule has 16 heteroatoms. The molecule has 0 atom stereocenters. The van der Waals surface area contributed by atoms with Crippen LogP contribution in [-0.4, -0.2) is 160 Å². The molecule has 16 nitrogen and oxygen atoms in total. The molecule has 0 radical (unpaired) electrons. The number of hydroxylamine groups is 6. The Bertz CT molecular complexity index is 1470. The van der Waals surface area contributed by atoms with Gasteiger partial charge in [-0.25, -0.2) is 0 Å². The van der Waals surface area contributed by atoms with Gasteiger partial charge < -0.3 is 40.4 Å². The zero-order chi connectivity index (χ0) is 49.6. The van der Waals surface area contributed by atoms with E-state index in [1.807, 2.05) is 5.06 Å². The van der Waals surface area contributed by atoms with E-state index in [-0.39, 0.29) is 71.2 Å². The highest BCUT2D eigenvalue weighted by molar-refractivity contribution is 5.47. The molecule has 0 amide bonds. The van der Waals surface area contributed by atoms with Crippen LogP contribution >= 0.6 is 0 Å². The summed E-state index contributed by atoms with van der Waals surface area (Å²) >= 11 is 0. The maximum Gasteiger partial charge on any atom is 0.232 e. The number of nitrogens with zero attached hydrogens (tertiary/aromatic N) is 8. The molecule has 4 rings (SSSR count). The van der Waals surface area contributed by atoms with Crippen LogP contribution in [-0.2, 0) is 14.5 Å². The van der Waals surface area contributed by atoms with Crippen molar-refractivity contribution in [1.82, 2.24) is 30.1 Å². The number of hydrogen-bond donors (Lipinski definition) is 5. The second-order valence-corrected chi connectivity index (χ2v) is 24.3. The van der Waals surface area contributed by atoms with Crippen molar-refractivity contribution in [3.63, 3.8) is 0 Å². The number of aliphatic hydroxyl groups is 4. The lowest BCUT2D eigenvalue weighted by molar-refractivity contribution is -0.298. The van der Waals surface area contributed by atoms with Crippen LogP contribution in [0.5, 0.6) is 0 Å². The zero-order valence-corrected chi connectivity index (χ0v) is 44.6. The topological polar surface area (TPSA) is 176 Å². The van der Waals surface area contributed by atoms with Gasteiger partial charge in [-0.05, 0) is 162 Å². The average molecular weight is 924 g/mol. The maximum absolute atomic E-state index is 10.5. The van der Waals surface area contributed by atoms with Crippen LogP contribution in [0.4, 0.5) is 17.8 Å². The Morgan fingerprint density at radius 2 is 0.938 bits per heavy atom. The Hall–Kier alpha value is -1.99. The number of unbranched alkanes of at least 4 members (excludes halogenated alkanes) is 2. The highest BCUT2D eigenvalue weighted by Crippen LogP contribution is 2.44.